The summed E-state index contributed by atoms with van der Waals surface area (Å²) in [5.41, 5.74) is 0.976. The van der Waals surface area contributed by atoms with E-state index >= 15 is 0 Å². The minimum Gasteiger partial charge on any atom is -0.444 e. The van der Waals surface area contributed by atoms with Crippen molar-refractivity contribution in [3.63, 3.8) is 0 Å². The Morgan fingerprint density at radius 1 is 0.811 bits per heavy atom. The van der Waals surface area contributed by atoms with Gasteiger partial charge in [0.1, 0.15) is 23.7 Å². The summed E-state index contributed by atoms with van der Waals surface area (Å²) in [5.74, 6) is -2.11. The molecule has 5 amide bonds. The van der Waals surface area contributed by atoms with Crippen LogP contribution in [0.25, 0.3) is 0 Å². The van der Waals surface area contributed by atoms with Gasteiger partial charge in [-0.05, 0) is 87.6 Å². The van der Waals surface area contributed by atoms with Gasteiger partial charge in [-0.15, -0.1) is 0 Å². The van der Waals surface area contributed by atoms with Crippen molar-refractivity contribution in [3.05, 3.63) is 66.0 Å². The lowest BCUT2D eigenvalue weighted by Gasteiger charge is -2.30. The lowest BCUT2D eigenvalue weighted by atomic mass is 9.92. The highest BCUT2D eigenvalue weighted by Crippen LogP contribution is 2.16. The average Bonchev–Trinajstić information content (AvgIpc) is 3.10. The molecule has 0 fully saturated rings. The van der Waals surface area contributed by atoms with Crippen LogP contribution in [-0.2, 0) is 36.9 Å². The first-order chi connectivity index (χ1) is 25.0. The minimum absolute atomic E-state index is 0.00666. The number of hydrogen-bond acceptors (Lipinski definition) is 9. The van der Waals surface area contributed by atoms with Crippen LogP contribution in [0.1, 0.15) is 85.3 Å². The predicted molar refractivity (Wildman–Crippen MR) is 208 cm³/mol. The number of benzene rings is 1. The molecule has 0 radical (unpaired) electrons. The molecule has 14 heteroatoms. The van der Waals surface area contributed by atoms with Crippen molar-refractivity contribution in [1.29, 1.82) is 0 Å². The van der Waals surface area contributed by atoms with E-state index in [-0.39, 0.29) is 31.2 Å². The van der Waals surface area contributed by atoms with Gasteiger partial charge in [-0.3, -0.25) is 24.2 Å². The summed E-state index contributed by atoms with van der Waals surface area (Å²) < 4.78 is 5.35. The zero-order chi connectivity index (χ0) is 39.6. The number of nitrogens with zero attached hydrogens (tertiary/aromatic N) is 1. The van der Waals surface area contributed by atoms with Gasteiger partial charge in [0.2, 0.25) is 23.6 Å². The van der Waals surface area contributed by atoms with Crippen LogP contribution >= 0.6 is 11.8 Å². The van der Waals surface area contributed by atoms with Crippen molar-refractivity contribution >= 4 is 41.5 Å². The fourth-order valence-corrected chi connectivity index (χ4v) is 5.95. The first kappa shape index (κ1) is 45.0. The number of pyridine rings is 1. The third kappa shape index (κ3) is 17.0. The summed E-state index contributed by atoms with van der Waals surface area (Å²) in [6, 6.07) is 9.43. The molecular weight excluding hydrogens is 697 g/mol. The van der Waals surface area contributed by atoms with Gasteiger partial charge in [-0.1, -0.05) is 64.4 Å². The Kier molecular flexibility index (Phi) is 19.4. The Balaban J connectivity index is 2.19. The highest BCUT2D eigenvalue weighted by Gasteiger charge is 2.33. The van der Waals surface area contributed by atoms with E-state index in [0.717, 1.165) is 11.1 Å². The van der Waals surface area contributed by atoms with Gasteiger partial charge in [-0.25, -0.2) is 4.79 Å². The smallest absolute Gasteiger partial charge is 0.408 e. The van der Waals surface area contributed by atoms with E-state index in [1.165, 1.54) is 11.8 Å². The molecule has 1 aromatic heterocycles. The maximum Gasteiger partial charge on any atom is 0.408 e. The number of aromatic nitrogens is 1. The molecule has 0 aliphatic heterocycles. The summed E-state index contributed by atoms with van der Waals surface area (Å²) in [5, 5.41) is 25.7. The second kappa shape index (κ2) is 22.8. The van der Waals surface area contributed by atoms with E-state index in [2.05, 4.69) is 31.6 Å². The van der Waals surface area contributed by atoms with Gasteiger partial charge in [0.25, 0.3) is 0 Å². The van der Waals surface area contributed by atoms with Crippen molar-refractivity contribution in [2.75, 3.05) is 12.0 Å². The summed E-state index contributed by atoms with van der Waals surface area (Å²) in [6.07, 6.45) is 4.77. The maximum absolute atomic E-state index is 13.9. The first-order valence-electron chi connectivity index (χ1n) is 18.3. The van der Waals surface area contributed by atoms with E-state index in [0.29, 0.717) is 25.0 Å². The predicted octanol–water partition coefficient (Wildman–Crippen LogP) is 3.88. The number of amides is 5. The quantitative estimate of drug-likeness (QED) is 0.110. The molecular formula is C39H60N6O7S. The number of ether oxygens (including phenoxy) is 1. The van der Waals surface area contributed by atoms with E-state index in [1.54, 1.807) is 52.2 Å². The zero-order valence-corrected chi connectivity index (χ0v) is 33.3. The average molecular weight is 757 g/mol. The fraction of sp³-hybridized carbons (Fsp3) is 0.590. The molecule has 0 bridgehead atoms. The van der Waals surface area contributed by atoms with Crippen LogP contribution in [0.5, 0.6) is 0 Å². The monoisotopic (exact) mass is 756 g/mol. The molecule has 0 saturated carbocycles. The first-order valence-corrected chi connectivity index (χ1v) is 19.7. The largest absolute Gasteiger partial charge is 0.444 e. The van der Waals surface area contributed by atoms with Gasteiger partial charge in [0.15, 0.2) is 0 Å². The zero-order valence-electron chi connectivity index (χ0n) is 32.4. The molecule has 6 atom stereocenters. The third-order valence-corrected chi connectivity index (χ3v) is 9.07. The molecule has 2 aromatic rings. The molecule has 0 saturated heterocycles. The number of aliphatic hydroxyl groups is 1. The van der Waals surface area contributed by atoms with E-state index in [1.807, 2.05) is 57.4 Å². The van der Waals surface area contributed by atoms with Gasteiger partial charge in [-0.2, -0.15) is 11.8 Å². The van der Waals surface area contributed by atoms with Crippen LogP contribution in [0.2, 0.25) is 0 Å². The molecule has 0 unspecified atom stereocenters. The molecule has 0 aliphatic carbocycles. The number of nitrogens with one attached hydrogen (secondary N) is 5. The fourth-order valence-electron chi connectivity index (χ4n) is 5.48. The van der Waals surface area contributed by atoms with E-state index < -0.39 is 65.6 Å². The summed E-state index contributed by atoms with van der Waals surface area (Å²) in [6.45, 7) is 12.7. The highest BCUT2D eigenvalue weighted by atomic mass is 32.2. The Morgan fingerprint density at radius 2 is 1.43 bits per heavy atom. The van der Waals surface area contributed by atoms with Crippen LogP contribution in [0.4, 0.5) is 4.79 Å². The Labute approximate surface area is 319 Å². The lowest BCUT2D eigenvalue weighted by molar-refractivity contribution is -0.133. The van der Waals surface area contributed by atoms with Crippen molar-refractivity contribution in [2.24, 2.45) is 11.8 Å². The summed E-state index contributed by atoms with van der Waals surface area (Å²) in [4.78, 5) is 70.3. The van der Waals surface area contributed by atoms with Gasteiger partial charge >= 0.3 is 6.09 Å². The number of thioether (sulfide) groups is 1. The SMILES string of the molecule is CCC[C@H](NC(=O)OC(C)(C)C)C(=O)N[C@@H](CCSC)C(=O)N[C@@H](Cc1ccccc1)[C@@H](O)C[C@@H](C)C(=O)N[C@H](C(=O)NCc1ccncc1)C(C)C. The molecule has 1 aromatic carbocycles. The summed E-state index contributed by atoms with van der Waals surface area (Å²) >= 11 is 1.51. The van der Waals surface area contributed by atoms with Gasteiger partial charge in [0, 0.05) is 24.9 Å². The molecule has 53 heavy (non-hydrogen) atoms. The number of aliphatic hydroxyl groups excluding tert-OH is 1. The van der Waals surface area contributed by atoms with Crippen molar-refractivity contribution in [1.82, 2.24) is 31.6 Å². The second-order valence-electron chi connectivity index (χ2n) is 14.6. The Morgan fingerprint density at radius 3 is 2.02 bits per heavy atom. The molecule has 1 heterocycles. The summed E-state index contributed by atoms with van der Waals surface area (Å²) in [7, 11) is 0. The highest BCUT2D eigenvalue weighted by molar-refractivity contribution is 7.98. The third-order valence-electron chi connectivity index (χ3n) is 8.42. The molecule has 13 nitrogen and oxygen atoms in total. The normalized spacial score (nSPS) is 14.8. The van der Waals surface area contributed by atoms with Crippen molar-refractivity contribution in [2.45, 2.75) is 123 Å². The topological polar surface area (TPSA) is 188 Å². The number of carbonyl (C=O) groups is 5. The molecule has 294 valence electrons. The number of rotatable bonds is 21. The number of alkyl carbamates (subject to hydrolysis) is 1. The molecule has 2 rings (SSSR count). The van der Waals surface area contributed by atoms with Crippen molar-refractivity contribution in [3.8, 4) is 0 Å². The minimum atomic E-state index is -1.16. The number of carbonyl (C=O) groups excluding carboxylic acids is 5. The van der Waals surface area contributed by atoms with Crippen LogP contribution in [0.3, 0.4) is 0 Å². The Hall–Kier alpha value is -4.17. The number of hydrogen-bond donors (Lipinski definition) is 6. The van der Waals surface area contributed by atoms with Crippen LogP contribution in [-0.4, -0.2) is 87.7 Å². The van der Waals surface area contributed by atoms with Crippen LogP contribution in [0, 0.1) is 11.8 Å². The van der Waals surface area contributed by atoms with Crippen molar-refractivity contribution < 1.29 is 33.8 Å². The molecule has 6 N–H and O–H groups in total. The van der Waals surface area contributed by atoms with E-state index in [4.69, 9.17) is 4.74 Å². The van der Waals surface area contributed by atoms with Gasteiger partial charge < -0.3 is 36.4 Å². The standard InChI is InChI=1S/C39H60N6O7S/c1-9-13-29(44-38(51)52-39(5,6)7)35(48)42-30(18-21-53-8)36(49)43-31(23-27-14-11-10-12-15-27)32(46)22-26(4)34(47)45-33(25(2)3)37(50)41-24-28-16-19-40-20-17-28/h10-12,14-17,19-20,25-26,29-33,46H,9,13,18,21-24H2,1-8H3,(H,41,50)(H,42,48)(H,43,49)(H,44,51)(H,45,47)/t26-,29+,30+,31+,32+,33+/m1/s1. The maximum atomic E-state index is 13.9. The molecule has 0 spiro atoms. The Bertz CT molecular complexity index is 1440. The van der Waals surface area contributed by atoms with E-state index in [9.17, 15) is 29.1 Å². The molecule has 0 aliphatic rings. The van der Waals surface area contributed by atoms with Crippen LogP contribution < -0.4 is 26.6 Å². The lowest BCUT2D eigenvalue weighted by Crippen LogP contribution is -2.57. The van der Waals surface area contributed by atoms with Gasteiger partial charge in [0.05, 0.1) is 12.1 Å². The second-order valence-corrected chi connectivity index (χ2v) is 15.6. The van der Waals surface area contributed by atoms with Crippen LogP contribution in [0.15, 0.2) is 54.9 Å².